The van der Waals surface area contributed by atoms with Crippen LogP contribution in [0.3, 0.4) is 0 Å². The zero-order chi connectivity index (χ0) is 7.23. The summed E-state index contributed by atoms with van der Waals surface area (Å²) in [5.74, 6) is 0. The highest BCUT2D eigenvalue weighted by Crippen LogP contribution is 2.18. The molecule has 3 heteroatoms. The molecule has 1 fully saturated rings. The first-order valence-corrected chi connectivity index (χ1v) is 4.68. The van der Waals surface area contributed by atoms with Gasteiger partial charge in [-0.1, -0.05) is 6.42 Å². The largest absolute Gasteiger partial charge is 0.301 e. The molecule has 0 saturated carbocycles. The molecule has 0 radical (unpaired) electrons. The molecule has 1 aliphatic rings. The Kier molecular flexibility index (Phi) is 4.18. The predicted molar refractivity (Wildman–Crippen MR) is 44.6 cm³/mol. The summed E-state index contributed by atoms with van der Waals surface area (Å²) >= 11 is 1.53. The van der Waals surface area contributed by atoms with Crippen LogP contribution >= 0.6 is 12.2 Å². The normalized spacial score (nSPS) is 21.3. The lowest BCUT2D eigenvalue weighted by Crippen LogP contribution is -2.23. The summed E-state index contributed by atoms with van der Waals surface area (Å²) in [5, 5.41) is 0. The van der Waals surface area contributed by atoms with Crippen molar-refractivity contribution < 1.29 is 4.18 Å². The highest BCUT2D eigenvalue weighted by atomic mass is 32.2. The molecule has 0 aromatic heterocycles. The van der Waals surface area contributed by atoms with Crippen LogP contribution in [0.5, 0.6) is 0 Å². The minimum Gasteiger partial charge on any atom is -0.301 e. The topological polar surface area (TPSA) is 12.5 Å². The Labute approximate surface area is 67.3 Å². The van der Waals surface area contributed by atoms with E-state index in [4.69, 9.17) is 4.18 Å². The molecule has 0 atom stereocenters. The first kappa shape index (κ1) is 8.37. The molecule has 0 aromatic carbocycles. The second kappa shape index (κ2) is 4.99. The fourth-order valence-electron chi connectivity index (χ4n) is 1.07. The molecule has 1 rings (SSSR count). The summed E-state index contributed by atoms with van der Waals surface area (Å²) in [4.78, 5) is 0. The fourth-order valence-corrected chi connectivity index (χ4v) is 1.73. The minimum absolute atomic E-state index is 0.807. The standard InChI is InChI=1S/C7H15NOS/c1-2-9-10-8-6-4-3-5-7-8/h2-7H2,1H3. The molecule has 1 aliphatic heterocycles. The van der Waals surface area contributed by atoms with Gasteiger partial charge in [0.1, 0.15) is 0 Å². The van der Waals surface area contributed by atoms with Crippen molar-refractivity contribution in [3.63, 3.8) is 0 Å². The van der Waals surface area contributed by atoms with Crippen LogP contribution in [-0.4, -0.2) is 24.0 Å². The quantitative estimate of drug-likeness (QED) is 0.464. The third-order valence-corrected chi connectivity index (χ3v) is 2.51. The SMILES string of the molecule is CCOSN1CCCCC1. The van der Waals surface area contributed by atoms with Crippen molar-refractivity contribution in [2.45, 2.75) is 26.2 Å². The van der Waals surface area contributed by atoms with Crippen LogP contribution < -0.4 is 0 Å². The van der Waals surface area contributed by atoms with Crippen molar-refractivity contribution in [2.75, 3.05) is 19.7 Å². The van der Waals surface area contributed by atoms with Gasteiger partial charge in [-0.25, -0.2) is 4.31 Å². The van der Waals surface area contributed by atoms with E-state index in [-0.39, 0.29) is 0 Å². The first-order valence-electron chi connectivity index (χ1n) is 3.98. The van der Waals surface area contributed by atoms with Crippen molar-refractivity contribution in [2.24, 2.45) is 0 Å². The van der Waals surface area contributed by atoms with Gasteiger partial charge in [0.15, 0.2) is 0 Å². The Hall–Kier alpha value is 0.270. The summed E-state index contributed by atoms with van der Waals surface area (Å²) in [5.41, 5.74) is 0. The molecule has 60 valence electrons. The van der Waals surface area contributed by atoms with Crippen LogP contribution in [0, 0.1) is 0 Å². The van der Waals surface area contributed by atoms with Gasteiger partial charge in [0.25, 0.3) is 0 Å². The van der Waals surface area contributed by atoms with Gasteiger partial charge in [-0.2, -0.15) is 0 Å². The molecular weight excluding hydrogens is 146 g/mol. The van der Waals surface area contributed by atoms with E-state index in [2.05, 4.69) is 4.31 Å². The summed E-state index contributed by atoms with van der Waals surface area (Å²) < 4.78 is 7.51. The molecule has 0 spiro atoms. The third-order valence-electron chi connectivity index (χ3n) is 1.59. The van der Waals surface area contributed by atoms with E-state index in [0.717, 1.165) is 6.61 Å². The second-order valence-electron chi connectivity index (χ2n) is 2.47. The minimum atomic E-state index is 0.807. The van der Waals surface area contributed by atoms with Crippen LogP contribution in [0.4, 0.5) is 0 Å². The zero-order valence-electron chi connectivity index (χ0n) is 6.51. The maximum atomic E-state index is 5.22. The molecule has 0 aliphatic carbocycles. The number of hydrogen-bond donors (Lipinski definition) is 0. The molecule has 10 heavy (non-hydrogen) atoms. The molecule has 0 unspecified atom stereocenters. The number of hydrogen-bond acceptors (Lipinski definition) is 3. The molecule has 0 aromatic rings. The van der Waals surface area contributed by atoms with Gasteiger partial charge in [0.05, 0.1) is 18.8 Å². The lowest BCUT2D eigenvalue weighted by Gasteiger charge is -2.23. The van der Waals surface area contributed by atoms with Crippen LogP contribution in [0.2, 0.25) is 0 Å². The van der Waals surface area contributed by atoms with Crippen LogP contribution in [0.1, 0.15) is 26.2 Å². The van der Waals surface area contributed by atoms with Crippen LogP contribution in [0.25, 0.3) is 0 Å². The van der Waals surface area contributed by atoms with E-state index >= 15 is 0 Å². The Morgan fingerprint density at radius 2 is 2.00 bits per heavy atom. The van der Waals surface area contributed by atoms with E-state index in [0.29, 0.717) is 0 Å². The lowest BCUT2D eigenvalue weighted by atomic mass is 10.2. The van der Waals surface area contributed by atoms with Gasteiger partial charge < -0.3 is 4.18 Å². The molecular formula is C7H15NOS. The van der Waals surface area contributed by atoms with Crippen molar-refractivity contribution in [1.29, 1.82) is 0 Å². The Balaban J connectivity index is 2.02. The van der Waals surface area contributed by atoms with Gasteiger partial charge in [-0.05, 0) is 19.8 Å². The summed E-state index contributed by atoms with van der Waals surface area (Å²) in [6.07, 6.45) is 4.06. The molecule has 2 nitrogen and oxygen atoms in total. The van der Waals surface area contributed by atoms with E-state index < -0.39 is 0 Å². The number of piperidine rings is 1. The predicted octanol–water partition coefficient (Wildman–Crippen LogP) is 2.07. The lowest BCUT2D eigenvalue weighted by molar-refractivity contribution is 0.323. The summed E-state index contributed by atoms with van der Waals surface area (Å²) in [6.45, 7) is 5.23. The molecule has 0 N–H and O–H groups in total. The van der Waals surface area contributed by atoms with E-state index in [1.165, 1.54) is 44.6 Å². The van der Waals surface area contributed by atoms with Crippen LogP contribution in [0.15, 0.2) is 0 Å². The van der Waals surface area contributed by atoms with Gasteiger partial charge >= 0.3 is 0 Å². The number of nitrogens with zero attached hydrogens (tertiary/aromatic N) is 1. The first-order chi connectivity index (χ1) is 4.93. The van der Waals surface area contributed by atoms with Crippen LogP contribution in [-0.2, 0) is 4.18 Å². The Bertz CT molecular complexity index is 83.7. The molecule has 0 bridgehead atoms. The average Bonchev–Trinajstić information content (AvgIpc) is 2.03. The number of rotatable bonds is 3. The maximum absolute atomic E-state index is 5.22. The second-order valence-corrected chi connectivity index (χ2v) is 3.37. The van der Waals surface area contributed by atoms with Gasteiger partial charge in [-0.15, -0.1) is 0 Å². The Morgan fingerprint density at radius 1 is 1.30 bits per heavy atom. The van der Waals surface area contributed by atoms with Gasteiger partial charge in [-0.3, -0.25) is 0 Å². The average molecular weight is 161 g/mol. The molecule has 1 heterocycles. The molecule has 0 amide bonds. The Morgan fingerprint density at radius 3 is 2.60 bits per heavy atom. The van der Waals surface area contributed by atoms with E-state index in [1.807, 2.05) is 6.92 Å². The summed E-state index contributed by atoms with van der Waals surface area (Å²) in [7, 11) is 0. The van der Waals surface area contributed by atoms with Crippen molar-refractivity contribution in [1.82, 2.24) is 4.31 Å². The van der Waals surface area contributed by atoms with Gasteiger partial charge in [0.2, 0.25) is 0 Å². The van der Waals surface area contributed by atoms with E-state index in [9.17, 15) is 0 Å². The highest BCUT2D eigenvalue weighted by molar-refractivity contribution is 7.92. The maximum Gasteiger partial charge on any atom is 0.0818 e. The zero-order valence-corrected chi connectivity index (χ0v) is 7.32. The monoisotopic (exact) mass is 161 g/mol. The third kappa shape index (κ3) is 2.90. The van der Waals surface area contributed by atoms with Crippen molar-refractivity contribution in [3.05, 3.63) is 0 Å². The molecule has 1 saturated heterocycles. The van der Waals surface area contributed by atoms with Gasteiger partial charge in [0, 0.05) is 13.1 Å². The van der Waals surface area contributed by atoms with Crippen molar-refractivity contribution in [3.8, 4) is 0 Å². The fraction of sp³-hybridized carbons (Fsp3) is 1.00. The highest BCUT2D eigenvalue weighted by Gasteiger charge is 2.09. The smallest absolute Gasteiger partial charge is 0.0818 e. The summed E-state index contributed by atoms with van der Waals surface area (Å²) in [6, 6.07) is 0. The van der Waals surface area contributed by atoms with Crippen molar-refractivity contribution >= 4 is 12.2 Å². The van der Waals surface area contributed by atoms with E-state index in [1.54, 1.807) is 0 Å².